The minimum Gasteiger partial charge on any atom is -0.491 e. The quantitative estimate of drug-likeness (QED) is 0.493. The number of aliphatic carboxylic acids is 1. The molecule has 0 fully saturated rings. The average molecular weight is 347 g/mol. The molecule has 0 aromatic heterocycles. The van der Waals surface area contributed by atoms with Crippen molar-refractivity contribution in [1.29, 1.82) is 0 Å². The van der Waals surface area contributed by atoms with Gasteiger partial charge in [-0.15, -0.1) is 0 Å². The van der Waals surface area contributed by atoms with Gasteiger partial charge in [-0.05, 0) is 50.5 Å². The third-order valence-electron chi connectivity index (χ3n) is 3.60. The van der Waals surface area contributed by atoms with Gasteiger partial charge in [0.1, 0.15) is 17.3 Å². The van der Waals surface area contributed by atoms with Gasteiger partial charge >= 0.3 is 5.97 Å². The lowest BCUT2D eigenvalue weighted by atomic mass is 10.0. The maximum absolute atomic E-state index is 10.8. The number of anilines is 1. The molecule has 0 atom stereocenters. The van der Waals surface area contributed by atoms with Crippen LogP contribution in [0.15, 0.2) is 41.9 Å². The van der Waals surface area contributed by atoms with Gasteiger partial charge < -0.3 is 26.2 Å². The Morgan fingerprint density at radius 3 is 2.36 bits per heavy atom. The lowest BCUT2D eigenvalue weighted by Crippen LogP contribution is -2.27. The van der Waals surface area contributed by atoms with Crippen molar-refractivity contribution in [2.75, 3.05) is 11.4 Å². The van der Waals surface area contributed by atoms with E-state index in [-0.39, 0.29) is 11.8 Å². The highest BCUT2D eigenvalue weighted by atomic mass is 16.5. The topological polar surface area (TPSA) is 102 Å². The predicted octanol–water partition coefficient (Wildman–Crippen LogP) is 3.15. The summed E-state index contributed by atoms with van der Waals surface area (Å²) in [5.74, 6) is 0.388. The summed E-state index contributed by atoms with van der Waals surface area (Å²) in [5.41, 5.74) is 13.2. The summed E-state index contributed by atoms with van der Waals surface area (Å²) in [6.45, 7) is 10.8. The van der Waals surface area contributed by atoms with E-state index in [1.54, 1.807) is 0 Å². The van der Waals surface area contributed by atoms with Gasteiger partial charge in [-0.2, -0.15) is 0 Å². The van der Waals surface area contributed by atoms with E-state index in [9.17, 15) is 4.79 Å². The highest BCUT2D eigenvalue weighted by Crippen LogP contribution is 2.32. The minimum atomic E-state index is -1.18. The van der Waals surface area contributed by atoms with Crippen LogP contribution in [0.4, 0.5) is 5.69 Å². The number of benzene rings is 1. The van der Waals surface area contributed by atoms with Gasteiger partial charge in [-0.25, -0.2) is 4.79 Å². The number of nitrogens with zero attached hydrogens (tertiary/aromatic N) is 1. The van der Waals surface area contributed by atoms with Crippen molar-refractivity contribution in [3.8, 4) is 5.75 Å². The van der Waals surface area contributed by atoms with Gasteiger partial charge in [-0.3, -0.25) is 0 Å². The summed E-state index contributed by atoms with van der Waals surface area (Å²) in [4.78, 5) is 12.6. The Hall–Kier alpha value is -2.63. The van der Waals surface area contributed by atoms with E-state index in [4.69, 9.17) is 21.3 Å². The Bertz CT molecular complexity index is 664. The van der Waals surface area contributed by atoms with Crippen LogP contribution in [0.5, 0.6) is 5.75 Å². The summed E-state index contributed by atoms with van der Waals surface area (Å²) in [6.07, 6.45) is 2.84. The zero-order valence-electron chi connectivity index (χ0n) is 15.6. The first kappa shape index (κ1) is 20.4. The molecule has 6 heteroatoms. The SMILES string of the molecule is CCN(/C(N)=C/C=C(\N)C(=O)O)c1ccc(C(C)C)c(OC(C)C)c1. The van der Waals surface area contributed by atoms with Gasteiger partial charge in [0.2, 0.25) is 0 Å². The Kier molecular flexibility index (Phi) is 7.36. The molecule has 0 saturated carbocycles. The van der Waals surface area contributed by atoms with E-state index in [1.165, 1.54) is 12.2 Å². The predicted molar refractivity (Wildman–Crippen MR) is 101 cm³/mol. The number of nitrogens with two attached hydrogens (primary N) is 2. The fourth-order valence-corrected chi connectivity index (χ4v) is 2.37. The van der Waals surface area contributed by atoms with Crippen LogP contribution in [-0.2, 0) is 4.79 Å². The summed E-state index contributed by atoms with van der Waals surface area (Å²) >= 11 is 0. The fourth-order valence-electron chi connectivity index (χ4n) is 2.37. The molecule has 6 nitrogen and oxygen atoms in total. The maximum Gasteiger partial charge on any atom is 0.351 e. The zero-order valence-corrected chi connectivity index (χ0v) is 15.6. The molecule has 0 unspecified atom stereocenters. The van der Waals surface area contributed by atoms with Crippen molar-refractivity contribution in [3.63, 3.8) is 0 Å². The zero-order chi connectivity index (χ0) is 19.1. The Morgan fingerprint density at radius 2 is 1.88 bits per heavy atom. The number of rotatable bonds is 8. The number of carboxylic acids is 1. The largest absolute Gasteiger partial charge is 0.491 e. The van der Waals surface area contributed by atoms with Gasteiger partial charge in [0.05, 0.1) is 6.10 Å². The first-order valence-corrected chi connectivity index (χ1v) is 8.41. The molecule has 25 heavy (non-hydrogen) atoms. The monoisotopic (exact) mass is 347 g/mol. The minimum absolute atomic E-state index is 0.0639. The van der Waals surface area contributed by atoms with E-state index < -0.39 is 5.97 Å². The molecule has 1 rings (SSSR count). The average Bonchev–Trinajstić information content (AvgIpc) is 2.52. The van der Waals surface area contributed by atoms with E-state index in [0.717, 1.165) is 17.0 Å². The van der Waals surface area contributed by atoms with Crippen molar-refractivity contribution in [2.24, 2.45) is 11.5 Å². The molecule has 0 aliphatic heterocycles. The summed E-state index contributed by atoms with van der Waals surface area (Å²) in [6, 6.07) is 5.98. The summed E-state index contributed by atoms with van der Waals surface area (Å²) in [5, 5.41) is 8.82. The van der Waals surface area contributed by atoms with E-state index in [0.29, 0.717) is 18.3 Å². The maximum atomic E-state index is 10.8. The number of allylic oxidation sites excluding steroid dienone is 2. The molecule has 1 aromatic carbocycles. The highest BCUT2D eigenvalue weighted by molar-refractivity contribution is 5.85. The van der Waals surface area contributed by atoms with Gasteiger partial charge in [0.25, 0.3) is 0 Å². The van der Waals surface area contributed by atoms with Crippen LogP contribution in [0, 0.1) is 0 Å². The van der Waals surface area contributed by atoms with Gasteiger partial charge in [-0.1, -0.05) is 19.9 Å². The van der Waals surface area contributed by atoms with E-state index in [1.807, 2.05) is 43.9 Å². The van der Waals surface area contributed by atoms with Crippen LogP contribution in [0.1, 0.15) is 46.1 Å². The van der Waals surface area contributed by atoms with Crippen LogP contribution in [0.3, 0.4) is 0 Å². The molecular weight excluding hydrogens is 318 g/mol. The first-order valence-electron chi connectivity index (χ1n) is 8.41. The van der Waals surface area contributed by atoms with Crippen molar-refractivity contribution >= 4 is 11.7 Å². The normalized spacial score (nSPS) is 12.6. The molecule has 0 aliphatic carbocycles. The lowest BCUT2D eigenvalue weighted by molar-refractivity contribution is -0.132. The van der Waals surface area contributed by atoms with Crippen LogP contribution in [-0.4, -0.2) is 23.7 Å². The molecule has 1 aromatic rings. The van der Waals surface area contributed by atoms with Crippen LogP contribution < -0.4 is 21.1 Å². The highest BCUT2D eigenvalue weighted by Gasteiger charge is 2.14. The number of ether oxygens (including phenoxy) is 1. The molecule has 0 radical (unpaired) electrons. The lowest BCUT2D eigenvalue weighted by Gasteiger charge is -2.25. The number of carbonyl (C=O) groups is 1. The number of carboxylic acid groups (broad SMARTS) is 1. The summed E-state index contributed by atoms with van der Waals surface area (Å²) in [7, 11) is 0. The number of hydrogen-bond donors (Lipinski definition) is 3. The van der Waals surface area contributed by atoms with Crippen molar-refractivity contribution in [3.05, 3.63) is 47.4 Å². The first-order chi connectivity index (χ1) is 11.7. The van der Waals surface area contributed by atoms with Gasteiger partial charge in [0.15, 0.2) is 0 Å². The Labute approximate surface area is 149 Å². The standard InChI is InChI=1S/C19H29N3O3/c1-6-22(18(21)10-9-16(20)19(23)24)14-7-8-15(12(2)3)17(11-14)25-13(4)5/h7-13H,6,20-21H2,1-5H3,(H,23,24)/b16-9-,18-10+. The third-order valence-corrected chi connectivity index (χ3v) is 3.60. The third kappa shape index (κ3) is 5.74. The molecule has 0 amide bonds. The van der Waals surface area contributed by atoms with E-state index >= 15 is 0 Å². The molecule has 138 valence electrons. The molecule has 0 bridgehead atoms. The molecule has 0 spiro atoms. The van der Waals surface area contributed by atoms with Crippen molar-refractivity contribution in [2.45, 2.75) is 46.6 Å². The molecule has 0 aliphatic rings. The Morgan fingerprint density at radius 1 is 1.24 bits per heavy atom. The second-order valence-corrected chi connectivity index (χ2v) is 6.31. The van der Waals surface area contributed by atoms with Crippen LogP contribution >= 0.6 is 0 Å². The second-order valence-electron chi connectivity index (χ2n) is 6.31. The van der Waals surface area contributed by atoms with Crippen LogP contribution in [0.2, 0.25) is 0 Å². The summed E-state index contributed by atoms with van der Waals surface area (Å²) < 4.78 is 5.95. The molecule has 0 saturated heterocycles. The molecule has 0 heterocycles. The fraction of sp³-hybridized carbons (Fsp3) is 0.421. The second kappa shape index (κ2) is 9.01. The van der Waals surface area contributed by atoms with E-state index in [2.05, 4.69) is 13.8 Å². The van der Waals surface area contributed by atoms with Crippen molar-refractivity contribution < 1.29 is 14.6 Å². The smallest absolute Gasteiger partial charge is 0.351 e. The molecule has 5 N–H and O–H groups in total. The number of hydrogen-bond acceptors (Lipinski definition) is 5. The van der Waals surface area contributed by atoms with Crippen molar-refractivity contribution in [1.82, 2.24) is 0 Å². The molecular formula is C19H29N3O3. The van der Waals surface area contributed by atoms with Crippen LogP contribution in [0.25, 0.3) is 0 Å². The Balaban J connectivity index is 3.24. The van der Waals surface area contributed by atoms with Gasteiger partial charge in [0, 0.05) is 18.3 Å².